The quantitative estimate of drug-likeness (QED) is 0.566. The Kier molecular flexibility index (Phi) is 3.81. The van der Waals surface area contributed by atoms with Gasteiger partial charge in [-0.15, -0.1) is 0 Å². The van der Waals surface area contributed by atoms with Crippen LogP contribution in [0.2, 0.25) is 0 Å². The lowest BCUT2D eigenvalue weighted by atomic mass is 9.99. The standard InChI is InChI=1S/C22H16FNO2/c1-14-2-4-15(5-3-14)21-13-24(17-8-6-16(23)7-9-17)22(26)19-11-10-18(25)12-20(19)21/h2-13,25H,1H3. The van der Waals surface area contributed by atoms with E-state index in [4.69, 9.17) is 0 Å². The summed E-state index contributed by atoms with van der Waals surface area (Å²) in [5.41, 5.74) is 3.25. The molecule has 0 aliphatic carbocycles. The molecule has 4 aromatic rings. The van der Waals surface area contributed by atoms with Crippen LogP contribution in [0.3, 0.4) is 0 Å². The van der Waals surface area contributed by atoms with Gasteiger partial charge in [0, 0.05) is 28.2 Å². The lowest BCUT2D eigenvalue weighted by molar-refractivity contribution is 0.476. The van der Waals surface area contributed by atoms with Crippen LogP contribution in [0.1, 0.15) is 5.56 Å². The number of aromatic nitrogens is 1. The zero-order valence-electron chi connectivity index (χ0n) is 14.1. The van der Waals surface area contributed by atoms with Gasteiger partial charge >= 0.3 is 0 Å². The fraction of sp³-hybridized carbons (Fsp3) is 0.0455. The van der Waals surface area contributed by atoms with Crippen molar-refractivity contribution in [2.45, 2.75) is 6.92 Å². The first kappa shape index (κ1) is 16.1. The lowest BCUT2D eigenvalue weighted by Crippen LogP contribution is -2.18. The molecule has 1 aromatic heterocycles. The second-order valence-electron chi connectivity index (χ2n) is 6.29. The first-order chi connectivity index (χ1) is 12.5. The molecule has 0 unspecified atom stereocenters. The van der Waals surface area contributed by atoms with Crippen molar-refractivity contribution >= 4 is 10.8 Å². The minimum atomic E-state index is -0.355. The highest BCUT2D eigenvalue weighted by molar-refractivity contribution is 5.96. The molecule has 3 nitrogen and oxygen atoms in total. The van der Waals surface area contributed by atoms with Crippen molar-refractivity contribution in [3.63, 3.8) is 0 Å². The Morgan fingerprint density at radius 1 is 0.885 bits per heavy atom. The second kappa shape index (κ2) is 6.15. The van der Waals surface area contributed by atoms with Crippen molar-refractivity contribution < 1.29 is 9.50 Å². The van der Waals surface area contributed by atoms with Crippen LogP contribution in [-0.4, -0.2) is 9.67 Å². The zero-order valence-corrected chi connectivity index (χ0v) is 14.1. The average Bonchev–Trinajstić information content (AvgIpc) is 2.64. The third-order valence-electron chi connectivity index (χ3n) is 4.47. The lowest BCUT2D eigenvalue weighted by Gasteiger charge is -2.13. The fourth-order valence-electron chi connectivity index (χ4n) is 3.09. The molecule has 4 heteroatoms. The summed E-state index contributed by atoms with van der Waals surface area (Å²) in [5.74, 6) is -0.254. The molecule has 0 atom stereocenters. The van der Waals surface area contributed by atoms with Gasteiger partial charge in [0.05, 0.1) is 0 Å². The Morgan fingerprint density at radius 3 is 2.27 bits per heavy atom. The highest BCUT2D eigenvalue weighted by atomic mass is 19.1. The molecule has 0 radical (unpaired) electrons. The van der Waals surface area contributed by atoms with Crippen molar-refractivity contribution in [2.75, 3.05) is 0 Å². The Balaban J connectivity index is 2.07. The number of hydrogen-bond donors (Lipinski definition) is 1. The van der Waals surface area contributed by atoms with Gasteiger partial charge in [0.25, 0.3) is 5.56 Å². The molecule has 1 N–H and O–H groups in total. The van der Waals surface area contributed by atoms with Crippen molar-refractivity contribution in [1.29, 1.82) is 0 Å². The number of halogens is 1. The summed E-state index contributed by atoms with van der Waals surface area (Å²) in [5, 5.41) is 11.1. The van der Waals surface area contributed by atoms with E-state index in [2.05, 4.69) is 0 Å². The molecule has 0 spiro atoms. The van der Waals surface area contributed by atoms with Crippen LogP contribution < -0.4 is 5.56 Å². The number of aryl methyl sites for hydroxylation is 1. The molecule has 0 aliphatic heterocycles. The van der Waals surface area contributed by atoms with Gasteiger partial charge < -0.3 is 5.11 Å². The van der Waals surface area contributed by atoms with Gasteiger partial charge in [-0.05, 0) is 55.0 Å². The molecule has 0 saturated carbocycles. The number of fused-ring (bicyclic) bond motifs is 1. The summed E-state index contributed by atoms with van der Waals surface area (Å²) in [6, 6.07) is 18.5. The minimum Gasteiger partial charge on any atom is -0.508 e. The van der Waals surface area contributed by atoms with Gasteiger partial charge in [0.1, 0.15) is 11.6 Å². The second-order valence-corrected chi connectivity index (χ2v) is 6.29. The van der Waals surface area contributed by atoms with Crippen LogP contribution in [0.15, 0.2) is 77.7 Å². The van der Waals surface area contributed by atoms with Crippen LogP contribution in [-0.2, 0) is 0 Å². The molecule has 1 heterocycles. The maximum Gasteiger partial charge on any atom is 0.262 e. The summed E-state index contributed by atoms with van der Waals surface area (Å²) in [4.78, 5) is 13.0. The molecular formula is C22H16FNO2. The monoisotopic (exact) mass is 345 g/mol. The SMILES string of the molecule is Cc1ccc(-c2cn(-c3ccc(F)cc3)c(=O)c3ccc(O)cc23)cc1. The van der Waals surface area contributed by atoms with Crippen LogP contribution in [0.25, 0.3) is 27.6 Å². The number of pyridine rings is 1. The van der Waals surface area contributed by atoms with Gasteiger partial charge in [-0.2, -0.15) is 0 Å². The van der Waals surface area contributed by atoms with Gasteiger partial charge in [0.15, 0.2) is 0 Å². The topological polar surface area (TPSA) is 42.2 Å². The predicted molar refractivity (Wildman–Crippen MR) is 101 cm³/mol. The Hall–Kier alpha value is -3.40. The average molecular weight is 345 g/mol. The van der Waals surface area contributed by atoms with Gasteiger partial charge in [-0.3, -0.25) is 9.36 Å². The van der Waals surface area contributed by atoms with Crippen LogP contribution in [0.4, 0.5) is 4.39 Å². The van der Waals surface area contributed by atoms with E-state index in [1.54, 1.807) is 30.5 Å². The van der Waals surface area contributed by atoms with E-state index in [0.717, 1.165) is 16.7 Å². The van der Waals surface area contributed by atoms with E-state index in [1.807, 2.05) is 31.2 Å². The number of aromatic hydroxyl groups is 1. The van der Waals surface area contributed by atoms with Gasteiger partial charge in [-0.1, -0.05) is 29.8 Å². The van der Waals surface area contributed by atoms with Crippen molar-refractivity contribution in [3.05, 3.63) is 94.7 Å². The van der Waals surface area contributed by atoms with Crippen molar-refractivity contribution in [2.24, 2.45) is 0 Å². The molecule has 128 valence electrons. The van der Waals surface area contributed by atoms with E-state index in [0.29, 0.717) is 16.5 Å². The first-order valence-corrected chi connectivity index (χ1v) is 8.24. The number of rotatable bonds is 2. The van der Waals surface area contributed by atoms with E-state index in [-0.39, 0.29) is 17.1 Å². The fourth-order valence-corrected chi connectivity index (χ4v) is 3.09. The number of phenols is 1. The van der Waals surface area contributed by atoms with Crippen LogP contribution in [0, 0.1) is 12.7 Å². The van der Waals surface area contributed by atoms with E-state index < -0.39 is 0 Å². The smallest absolute Gasteiger partial charge is 0.262 e. The molecule has 3 aromatic carbocycles. The van der Waals surface area contributed by atoms with E-state index in [9.17, 15) is 14.3 Å². The number of hydrogen-bond acceptors (Lipinski definition) is 2. The molecule has 0 saturated heterocycles. The largest absolute Gasteiger partial charge is 0.508 e. The number of phenolic OH excluding ortho intramolecular Hbond substituents is 1. The molecule has 0 bridgehead atoms. The first-order valence-electron chi connectivity index (χ1n) is 8.24. The third kappa shape index (κ3) is 2.75. The molecule has 0 fully saturated rings. The maximum absolute atomic E-state index is 13.3. The van der Waals surface area contributed by atoms with Crippen LogP contribution >= 0.6 is 0 Å². The highest BCUT2D eigenvalue weighted by Crippen LogP contribution is 2.30. The van der Waals surface area contributed by atoms with Crippen molar-refractivity contribution in [1.82, 2.24) is 4.57 Å². The van der Waals surface area contributed by atoms with E-state index >= 15 is 0 Å². The summed E-state index contributed by atoms with van der Waals surface area (Å²) in [7, 11) is 0. The summed E-state index contributed by atoms with van der Waals surface area (Å²) in [6.45, 7) is 2.01. The number of benzene rings is 3. The Bertz CT molecular complexity index is 1160. The minimum absolute atomic E-state index is 0.102. The summed E-state index contributed by atoms with van der Waals surface area (Å²) < 4.78 is 14.8. The third-order valence-corrected chi connectivity index (χ3v) is 4.47. The highest BCUT2D eigenvalue weighted by Gasteiger charge is 2.12. The van der Waals surface area contributed by atoms with E-state index in [1.165, 1.54) is 22.8 Å². The predicted octanol–water partition coefficient (Wildman–Crippen LogP) is 4.81. The Labute approximate surface area is 149 Å². The summed E-state index contributed by atoms with van der Waals surface area (Å²) in [6.07, 6.45) is 1.74. The summed E-state index contributed by atoms with van der Waals surface area (Å²) >= 11 is 0. The molecule has 0 aliphatic rings. The Morgan fingerprint density at radius 2 is 1.58 bits per heavy atom. The maximum atomic E-state index is 13.3. The molecule has 26 heavy (non-hydrogen) atoms. The van der Waals surface area contributed by atoms with Gasteiger partial charge in [-0.25, -0.2) is 4.39 Å². The van der Waals surface area contributed by atoms with Crippen molar-refractivity contribution in [3.8, 4) is 22.6 Å². The molecule has 0 amide bonds. The zero-order chi connectivity index (χ0) is 18.3. The normalized spacial score (nSPS) is 11.0. The van der Waals surface area contributed by atoms with Gasteiger partial charge in [0.2, 0.25) is 0 Å². The van der Waals surface area contributed by atoms with Crippen LogP contribution in [0.5, 0.6) is 5.75 Å². The molecule has 4 rings (SSSR count). The number of nitrogens with zero attached hydrogens (tertiary/aromatic N) is 1. The molecular weight excluding hydrogens is 329 g/mol.